The fraction of sp³-hybridized carbons (Fsp3) is 0.0588. The van der Waals surface area contributed by atoms with E-state index in [-0.39, 0.29) is 5.56 Å². The highest BCUT2D eigenvalue weighted by Crippen LogP contribution is 2.23. The van der Waals surface area contributed by atoms with Crippen molar-refractivity contribution in [3.05, 3.63) is 70.6 Å². The van der Waals surface area contributed by atoms with E-state index >= 15 is 0 Å². The molecule has 4 rings (SSSR count). The normalized spacial score (nSPS) is 11.3. The number of rotatable bonds is 1. The maximum absolute atomic E-state index is 12.7. The summed E-state index contributed by atoms with van der Waals surface area (Å²) in [5, 5.41) is 4.84. The van der Waals surface area contributed by atoms with Gasteiger partial charge in [0.05, 0.1) is 27.8 Å². The van der Waals surface area contributed by atoms with E-state index in [2.05, 4.69) is 10.1 Å². The maximum atomic E-state index is 12.7. The second-order valence-electron chi connectivity index (χ2n) is 5.05. The average Bonchev–Trinajstić information content (AvgIpc) is 2.87. The first kappa shape index (κ1) is 11.9. The summed E-state index contributed by atoms with van der Waals surface area (Å²) >= 11 is 0. The van der Waals surface area contributed by atoms with Gasteiger partial charge in [0, 0.05) is 5.39 Å². The van der Waals surface area contributed by atoms with Crippen LogP contribution in [0, 0.1) is 6.92 Å². The highest BCUT2D eigenvalue weighted by Gasteiger charge is 2.14. The first-order valence-corrected chi connectivity index (χ1v) is 6.81. The molecule has 0 saturated heterocycles. The molecule has 1 N–H and O–H groups in total. The van der Waals surface area contributed by atoms with Crippen molar-refractivity contribution in [2.75, 3.05) is 0 Å². The van der Waals surface area contributed by atoms with Gasteiger partial charge in [-0.25, -0.2) is 4.68 Å². The number of pyridine rings is 1. The largest absolute Gasteiger partial charge is 0.290 e. The lowest BCUT2D eigenvalue weighted by Crippen LogP contribution is -2.14. The molecule has 0 radical (unpaired) electrons. The fourth-order valence-corrected chi connectivity index (χ4v) is 2.75. The third kappa shape index (κ3) is 1.69. The minimum Gasteiger partial charge on any atom is -0.290 e. The summed E-state index contributed by atoms with van der Waals surface area (Å²) in [5.41, 5.74) is 3.24. The third-order valence-corrected chi connectivity index (χ3v) is 3.73. The number of aryl methyl sites for hydroxylation is 1. The molecule has 2 heterocycles. The minimum atomic E-state index is -0.0630. The van der Waals surface area contributed by atoms with Crippen molar-refractivity contribution in [1.82, 2.24) is 14.8 Å². The maximum Gasteiger partial charge on any atom is 0.280 e. The van der Waals surface area contributed by atoms with Crippen LogP contribution in [0.3, 0.4) is 0 Å². The summed E-state index contributed by atoms with van der Waals surface area (Å²) in [7, 11) is 0. The molecule has 0 saturated carbocycles. The van der Waals surface area contributed by atoms with Gasteiger partial charge in [0.2, 0.25) is 0 Å². The van der Waals surface area contributed by atoms with Crippen molar-refractivity contribution in [1.29, 1.82) is 0 Å². The molecule has 0 unspecified atom stereocenters. The van der Waals surface area contributed by atoms with Crippen LogP contribution < -0.4 is 5.56 Å². The van der Waals surface area contributed by atoms with Crippen LogP contribution in [0.5, 0.6) is 0 Å². The van der Waals surface area contributed by atoms with Gasteiger partial charge in [0.15, 0.2) is 0 Å². The zero-order valence-electron chi connectivity index (χ0n) is 11.5. The number of hydrogen-bond donors (Lipinski definition) is 1. The van der Waals surface area contributed by atoms with Crippen LogP contribution in [-0.2, 0) is 0 Å². The highest BCUT2D eigenvalue weighted by atomic mass is 16.1. The number of nitrogens with zero attached hydrogens (tertiary/aromatic N) is 2. The molecule has 4 aromatic rings. The number of para-hydroxylation sites is 2. The Hall–Kier alpha value is -2.88. The van der Waals surface area contributed by atoms with Gasteiger partial charge >= 0.3 is 0 Å². The molecule has 0 amide bonds. The number of hydrogen-bond acceptors (Lipinski definition) is 2. The minimum absolute atomic E-state index is 0.0630. The smallest absolute Gasteiger partial charge is 0.280 e. The lowest BCUT2D eigenvalue weighted by molar-refractivity contribution is 0.864. The van der Waals surface area contributed by atoms with E-state index in [1.807, 2.05) is 61.5 Å². The van der Waals surface area contributed by atoms with Gasteiger partial charge in [-0.3, -0.25) is 14.9 Å². The molecule has 0 fully saturated rings. The Morgan fingerprint density at radius 2 is 1.71 bits per heavy atom. The second-order valence-corrected chi connectivity index (χ2v) is 5.05. The van der Waals surface area contributed by atoms with E-state index in [0.717, 1.165) is 27.8 Å². The van der Waals surface area contributed by atoms with Gasteiger partial charge < -0.3 is 0 Å². The van der Waals surface area contributed by atoms with Crippen molar-refractivity contribution < 1.29 is 0 Å². The van der Waals surface area contributed by atoms with Gasteiger partial charge in [-0.15, -0.1) is 0 Å². The van der Waals surface area contributed by atoms with E-state index in [4.69, 9.17) is 0 Å². The lowest BCUT2D eigenvalue weighted by Gasteiger charge is -2.00. The summed E-state index contributed by atoms with van der Waals surface area (Å²) in [6, 6.07) is 17.4. The van der Waals surface area contributed by atoms with Crippen molar-refractivity contribution in [3.63, 3.8) is 0 Å². The Labute approximate surface area is 120 Å². The topological polar surface area (TPSA) is 50.7 Å². The number of fused-ring (bicyclic) bond motifs is 3. The molecule has 0 bridgehead atoms. The van der Waals surface area contributed by atoms with Gasteiger partial charge in [-0.05, 0) is 25.1 Å². The molecule has 21 heavy (non-hydrogen) atoms. The van der Waals surface area contributed by atoms with Crippen molar-refractivity contribution in [2.24, 2.45) is 0 Å². The van der Waals surface area contributed by atoms with Crippen LogP contribution in [0.1, 0.15) is 5.69 Å². The Morgan fingerprint density at radius 1 is 1.00 bits per heavy atom. The van der Waals surface area contributed by atoms with Crippen LogP contribution in [0.2, 0.25) is 0 Å². The van der Waals surface area contributed by atoms with Crippen LogP contribution >= 0.6 is 0 Å². The fourth-order valence-electron chi connectivity index (χ4n) is 2.75. The summed E-state index contributed by atoms with van der Waals surface area (Å²) in [6.45, 7) is 1.87. The number of H-pyrrole nitrogens is 1. The number of benzene rings is 2. The van der Waals surface area contributed by atoms with Crippen molar-refractivity contribution >= 4 is 21.8 Å². The van der Waals surface area contributed by atoms with Gasteiger partial charge in [0.1, 0.15) is 0 Å². The first-order chi connectivity index (χ1) is 10.3. The van der Waals surface area contributed by atoms with Crippen molar-refractivity contribution in [3.8, 4) is 5.69 Å². The molecule has 4 nitrogen and oxygen atoms in total. The summed E-state index contributed by atoms with van der Waals surface area (Å²) in [6.07, 6.45) is 0. The molecule has 0 aliphatic carbocycles. The van der Waals surface area contributed by atoms with E-state index in [0.29, 0.717) is 5.39 Å². The van der Waals surface area contributed by atoms with E-state index in [1.165, 1.54) is 0 Å². The molecule has 0 spiro atoms. The van der Waals surface area contributed by atoms with Gasteiger partial charge in [-0.2, -0.15) is 0 Å². The predicted octanol–water partition coefficient (Wildman–Crippen LogP) is 3.18. The molecule has 2 aromatic heterocycles. The van der Waals surface area contributed by atoms with E-state index in [1.54, 1.807) is 4.68 Å². The molecule has 0 aliphatic heterocycles. The molecule has 102 valence electrons. The number of aromatic amines is 1. The van der Waals surface area contributed by atoms with E-state index < -0.39 is 0 Å². The van der Waals surface area contributed by atoms with Gasteiger partial charge in [-0.1, -0.05) is 36.4 Å². The highest BCUT2D eigenvalue weighted by molar-refractivity contribution is 6.04. The molecule has 0 aliphatic rings. The lowest BCUT2D eigenvalue weighted by atomic mass is 10.1. The molecule has 4 heteroatoms. The monoisotopic (exact) mass is 275 g/mol. The Kier molecular flexibility index (Phi) is 2.44. The van der Waals surface area contributed by atoms with Crippen molar-refractivity contribution in [2.45, 2.75) is 6.92 Å². The summed E-state index contributed by atoms with van der Waals surface area (Å²) in [5.74, 6) is 0. The van der Waals surface area contributed by atoms with Crippen LogP contribution in [-0.4, -0.2) is 14.8 Å². The predicted molar refractivity (Wildman–Crippen MR) is 83.9 cm³/mol. The summed E-state index contributed by atoms with van der Waals surface area (Å²) in [4.78, 5) is 17.2. The van der Waals surface area contributed by atoms with Gasteiger partial charge in [0.25, 0.3) is 5.56 Å². The van der Waals surface area contributed by atoms with Crippen LogP contribution in [0.15, 0.2) is 59.4 Å². The quantitative estimate of drug-likeness (QED) is 0.580. The molecular weight excluding hydrogens is 262 g/mol. The van der Waals surface area contributed by atoms with Crippen LogP contribution in [0.25, 0.3) is 27.5 Å². The zero-order valence-corrected chi connectivity index (χ0v) is 11.5. The first-order valence-electron chi connectivity index (χ1n) is 6.81. The van der Waals surface area contributed by atoms with E-state index in [9.17, 15) is 4.79 Å². The summed E-state index contributed by atoms with van der Waals surface area (Å²) < 4.78 is 1.58. The third-order valence-electron chi connectivity index (χ3n) is 3.73. The Morgan fingerprint density at radius 3 is 2.52 bits per heavy atom. The Balaban J connectivity index is 2.18. The average molecular weight is 275 g/mol. The number of nitrogens with one attached hydrogen (secondary N) is 1. The molecule has 2 aromatic carbocycles. The number of aromatic nitrogens is 3. The zero-order chi connectivity index (χ0) is 14.4. The molecular formula is C17H13N3O. The SMILES string of the molecule is Cc1nc2ccccc2c2[nH]n(-c3ccccc3)c(=O)c12. The second kappa shape index (κ2) is 4.31. The molecule has 0 atom stereocenters. The standard InChI is InChI=1S/C17H13N3O/c1-11-15-16(13-9-5-6-10-14(13)18-11)19-20(17(15)21)12-7-3-2-4-8-12/h2-10,19H,1H3. The van der Waals surface area contributed by atoms with Crippen LogP contribution in [0.4, 0.5) is 0 Å². The Bertz CT molecular complexity index is 1010.